The minimum atomic E-state index is -4.70. The van der Waals surface area contributed by atoms with Crippen LogP contribution in [0.5, 0.6) is 0 Å². The van der Waals surface area contributed by atoms with E-state index in [1.54, 1.807) is 0 Å². The first-order valence-electron chi connectivity index (χ1n) is 7.71. The molecule has 1 aromatic carbocycles. The van der Waals surface area contributed by atoms with Crippen LogP contribution in [0.2, 0.25) is 0 Å². The van der Waals surface area contributed by atoms with E-state index in [-0.39, 0.29) is 22.7 Å². The Labute approximate surface area is 161 Å². The molecule has 0 unspecified atom stereocenters. The Hall–Kier alpha value is -2.22. The third-order valence-electron chi connectivity index (χ3n) is 3.96. The van der Waals surface area contributed by atoms with Crippen molar-refractivity contribution in [1.29, 1.82) is 0 Å². The lowest BCUT2D eigenvalue weighted by Crippen LogP contribution is -2.21. The lowest BCUT2D eigenvalue weighted by Gasteiger charge is -2.16. The van der Waals surface area contributed by atoms with Gasteiger partial charge in [-0.1, -0.05) is 0 Å². The normalized spacial score (nSPS) is 18.4. The Morgan fingerprint density at radius 2 is 1.57 bits per heavy atom. The Morgan fingerprint density at radius 1 is 0.929 bits per heavy atom. The maximum absolute atomic E-state index is 11.7. The van der Waals surface area contributed by atoms with E-state index in [2.05, 4.69) is 9.98 Å². The number of aryl methyl sites for hydroxylation is 1. The predicted molar refractivity (Wildman–Crippen MR) is 102 cm³/mol. The zero-order valence-corrected chi connectivity index (χ0v) is 16.5. The molecular weight excluding hydrogens is 412 g/mol. The van der Waals surface area contributed by atoms with Crippen LogP contribution in [-0.2, 0) is 26.8 Å². The second-order valence-corrected chi connectivity index (χ2v) is 8.58. The summed E-state index contributed by atoms with van der Waals surface area (Å²) < 4.78 is 65.5. The van der Waals surface area contributed by atoms with Gasteiger partial charge in [-0.25, -0.2) is 4.99 Å². The molecule has 152 valence electrons. The molecule has 0 saturated carbocycles. The van der Waals surface area contributed by atoms with Gasteiger partial charge in [-0.3, -0.25) is 14.1 Å². The van der Waals surface area contributed by atoms with Gasteiger partial charge in [0.15, 0.2) is 0 Å². The summed E-state index contributed by atoms with van der Waals surface area (Å²) in [6.07, 6.45) is 2.10. The second kappa shape index (κ2) is 8.03. The molecule has 2 rings (SSSR count). The van der Waals surface area contributed by atoms with Gasteiger partial charge in [0.1, 0.15) is 9.80 Å². The zero-order chi connectivity index (χ0) is 21.3. The molecule has 0 atom stereocenters. The maximum Gasteiger partial charge on any atom is 0.296 e. The molecule has 28 heavy (non-hydrogen) atoms. The summed E-state index contributed by atoms with van der Waals surface area (Å²) in [6, 6.07) is 2.32. The van der Waals surface area contributed by atoms with Crippen molar-refractivity contribution in [3.05, 3.63) is 45.9 Å². The highest BCUT2D eigenvalue weighted by Gasteiger charge is 2.26. The van der Waals surface area contributed by atoms with Gasteiger partial charge in [0.25, 0.3) is 20.2 Å². The lowest BCUT2D eigenvalue weighted by atomic mass is 10.0. The molecule has 0 amide bonds. The van der Waals surface area contributed by atoms with Crippen molar-refractivity contribution in [3.8, 4) is 0 Å². The van der Waals surface area contributed by atoms with Gasteiger partial charge in [0.2, 0.25) is 0 Å². The van der Waals surface area contributed by atoms with Gasteiger partial charge in [0, 0.05) is 12.6 Å². The maximum atomic E-state index is 11.7. The van der Waals surface area contributed by atoms with E-state index in [1.165, 1.54) is 26.1 Å². The molecule has 0 spiro atoms. The van der Waals surface area contributed by atoms with E-state index in [0.717, 1.165) is 12.1 Å². The summed E-state index contributed by atoms with van der Waals surface area (Å²) in [5, 5.41) is 19.0. The van der Waals surface area contributed by atoms with Crippen molar-refractivity contribution in [2.24, 2.45) is 9.98 Å². The smallest absolute Gasteiger partial charge is 0.296 e. The number of nitrogens with zero attached hydrogens (tertiary/aromatic N) is 2. The van der Waals surface area contributed by atoms with Gasteiger partial charge in [-0.2, -0.15) is 16.8 Å². The molecular formula is C16H18N2O8S2. The summed E-state index contributed by atoms with van der Waals surface area (Å²) in [7, 11) is -8.10. The number of aliphatic imine (C=N–C) groups is 2. The highest BCUT2D eigenvalue weighted by Crippen LogP contribution is 2.30. The molecule has 0 heterocycles. The molecule has 10 nitrogen and oxygen atoms in total. The van der Waals surface area contributed by atoms with Crippen LogP contribution in [0.15, 0.2) is 49.6 Å². The van der Waals surface area contributed by atoms with E-state index < -0.39 is 43.3 Å². The summed E-state index contributed by atoms with van der Waals surface area (Å²) in [5.74, 6) is 0. The number of aliphatic hydroxyl groups excluding tert-OH is 2. The first kappa shape index (κ1) is 22.1. The minimum absolute atomic E-state index is 0.0976. The number of aliphatic hydroxyl groups is 2. The third kappa shape index (κ3) is 4.60. The van der Waals surface area contributed by atoms with Gasteiger partial charge < -0.3 is 10.2 Å². The van der Waals surface area contributed by atoms with Crippen LogP contribution in [0.25, 0.3) is 0 Å². The fourth-order valence-electron chi connectivity index (χ4n) is 2.52. The predicted octanol–water partition coefficient (Wildman–Crippen LogP) is 0.581. The fraction of sp³-hybridized carbons (Fsp3) is 0.250. The minimum Gasteiger partial charge on any atom is -0.392 e. The first-order chi connectivity index (χ1) is 12.9. The molecule has 1 aliphatic carbocycles. The standard InChI is InChI=1S/C16H18N2O8S2/c1-9-3-15(27(21,22)23)14(4-10(9)7-19)18-12-6-16(28(24,25)26)13(17-2)5-11(12)8-20/h3-6,19-20H,7-8H2,1-2H3,(H,21,22,23)(H,24,25,26). The van der Waals surface area contributed by atoms with Crippen molar-refractivity contribution < 1.29 is 36.2 Å². The van der Waals surface area contributed by atoms with Crippen LogP contribution in [0, 0.1) is 6.92 Å². The summed E-state index contributed by atoms with van der Waals surface area (Å²) in [4.78, 5) is 6.62. The molecule has 0 bridgehead atoms. The van der Waals surface area contributed by atoms with Crippen LogP contribution in [0.3, 0.4) is 0 Å². The van der Waals surface area contributed by atoms with Crippen LogP contribution < -0.4 is 0 Å². The SMILES string of the molecule is CN=C1C=C(CO)C(=Nc2cc(CO)c(C)cc2S(=O)(=O)O)C=C1S(=O)(=O)O. The Morgan fingerprint density at radius 3 is 2.04 bits per heavy atom. The summed E-state index contributed by atoms with van der Waals surface area (Å²) in [6.45, 7) is 0.501. The van der Waals surface area contributed by atoms with Crippen molar-refractivity contribution in [2.45, 2.75) is 18.4 Å². The van der Waals surface area contributed by atoms with Crippen LogP contribution in [0.1, 0.15) is 11.1 Å². The number of rotatable bonds is 5. The number of hydrogen-bond acceptors (Lipinski definition) is 8. The molecule has 0 fully saturated rings. The lowest BCUT2D eigenvalue weighted by molar-refractivity contribution is 0.281. The molecule has 1 aromatic rings. The third-order valence-corrected chi connectivity index (χ3v) is 5.72. The molecule has 4 N–H and O–H groups in total. The van der Waals surface area contributed by atoms with Crippen LogP contribution in [0.4, 0.5) is 5.69 Å². The van der Waals surface area contributed by atoms with Crippen molar-refractivity contribution >= 4 is 37.3 Å². The Kier molecular flexibility index (Phi) is 6.33. The summed E-state index contributed by atoms with van der Waals surface area (Å²) in [5.41, 5.74) is 0.234. The Balaban J connectivity index is 2.83. The molecule has 12 heteroatoms. The first-order valence-corrected chi connectivity index (χ1v) is 10.6. The van der Waals surface area contributed by atoms with Gasteiger partial charge in [-0.15, -0.1) is 0 Å². The van der Waals surface area contributed by atoms with Gasteiger partial charge >= 0.3 is 0 Å². The average Bonchev–Trinajstić information content (AvgIpc) is 2.60. The van der Waals surface area contributed by atoms with E-state index >= 15 is 0 Å². The van der Waals surface area contributed by atoms with E-state index in [1.807, 2.05) is 0 Å². The largest absolute Gasteiger partial charge is 0.392 e. The van der Waals surface area contributed by atoms with E-state index in [9.17, 15) is 36.2 Å². The molecule has 0 radical (unpaired) electrons. The van der Waals surface area contributed by atoms with E-state index in [0.29, 0.717) is 11.1 Å². The topological polar surface area (TPSA) is 174 Å². The van der Waals surface area contributed by atoms with Gasteiger partial charge in [0.05, 0.1) is 30.3 Å². The fourth-order valence-corrected chi connectivity index (χ4v) is 3.89. The number of allylic oxidation sites excluding steroid dienone is 3. The van der Waals surface area contributed by atoms with Gasteiger partial charge in [-0.05, 0) is 42.3 Å². The number of benzene rings is 1. The zero-order valence-electron chi connectivity index (χ0n) is 14.9. The monoisotopic (exact) mass is 430 g/mol. The molecule has 1 aliphatic rings. The van der Waals surface area contributed by atoms with Crippen LogP contribution >= 0.6 is 0 Å². The highest BCUT2D eigenvalue weighted by molar-refractivity contribution is 7.91. The average molecular weight is 430 g/mol. The van der Waals surface area contributed by atoms with Crippen molar-refractivity contribution in [2.75, 3.05) is 13.7 Å². The van der Waals surface area contributed by atoms with E-state index in [4.69, 9.17) is 0 Å². The molecule has 0 aromatic heterocycles. The van der Waals surface area contributed by atoms with Crippen LogP contribution in [-0.4, -0.2) is 61.2 Å². The molecule has 0 saturated heterocycles. The Bertz CT molecular complexity index is 1140. The quantitative estimate of drug-likeness (QED) is 0.387. The van der Waals surface area contributed by atoms with Crippen molar-refractivity contribution in [1.82, 2.24) is 0 Å². The van der Waals surface area contributed by atoms with Crippen molar-refractivity contribution in [3.63, 3.8) is 0 Å². The molecule has 0 aliphatic heterocycles. The highest BCUT2D eigenvalue weighted by atomic mass is 32.2. The number of hydrogen-bond donors (Lipinski definition) is 4. The second-order valence-electron chi connectivity index (χ2n) is 5.80. The summed E-state index contributed by atoms with van der Waals surface area (Å²) >= 11 is 0.